The van der Waals surface area contributed by atoms with Crippen LogP contribution in [0.2, 0.25) is 0 Å². The number of benzene rings is 2. The fourth-order valence-electron chi connectivity index (χ4n) is 3.06. The Morgan fingerprint density at radius 3 is 1.23 bits per heavy atom. The first-order valence-corrected chi connectivity index (χ1v) is 9.64. The van der Waals surface area contributed by atoms with E-state index < -0.39 is 0 Å². The summed E-state index contributed by atoms with van der Waals surface area (Å²) in [4.78, 5) is 24.9. The van der Waals surface area contributed by atoms with Gasteiger partial charge in [0, 0.05) is 11.1 Å². The largest absolute Gasteiger partial charge is 1.00 e. The van der Waals surface area contributed by atoms with Crippen LogP contribution in [-0.2, 0) is 0 Å². The molecule has 2 aromatic carbocycles. The maximum Gasteiger partial charge on any atom is 0.216 e. The molecule has 0 unspecified atom stereocenters. The van der Waals surface area contributed by atoms with Gasteiger partial charge in [-0.15, -0.1) is 0 Å². The zero-order chi connectivity index (χ0) is 20.6. The van der Waals surface area contributed by atoms with Gasteiger partial charge in [-0.2, -0.15) is 0 Å². The van der Waals surface area contributed by atoms with Crippen LogP contribution in [0.3, 0.4) is 0 Å². The summed E-state index contributed by atoms with van der Waals surface area (Å²) in [7, 11) is 8.24. The fraction of sp³-hybridized carbons (Fsp3) is 0.333. The fourth-order valence-corrected chi connectivity index (χ4v) is 3.06. The number of ketones is 2. The number of nitrogens with zero attached hydrogens (tertiary/aromatic N) is 2. The molecule has 0 aliphatic heterocycles. The van der Waals surface area contributed by atoms with Gasteiger partial charge in [0.2, 0.25) is 11.6 Å². The second-order valence-corrected chi connectivity index (χ2v) is 8.60. The van der Waals surface area contributed by atoms with Crippen LogP contribution < -0.4 is 34.0 Å². The van der Waals surface area contributed by atoms with Gasteiger partial charge in [-0.1, -0.05) is 60.7 Å². The van der Waals surface area contributed by atoms with Crippen molar-refractivity contribution in [1.29, 1.82) is 0 Å². The van der Waals surface area contributed by atoms with Crippen LogP contribution in [0, 0.1) is 0 Å². The SMILES string of the molecule is C[N+](C)(CC=CC[N+](C)(C)CC(=O)c1ccccc1)CC(=O)c1ccccc1.[Br-].[Br-]. The van der Waals surface area contributed by atoms with E-state index in [4.69, 9.17) is 0 Å². The van der Waals surface area contributed by atoms with Gasteiger partial charge in [0.1, 0.15) is 13.1 Å². The molecule has 0 N–H and O–H groups in total. The first kappa shape index (κ1) is 28.4. The summed E-state index contributed by atoms with van der Waals surface area (Å²) in [6.07, 6.45) is 4.23. The Kier molecular flexibility index (Phi) is 12.3. The highest BCUT2D eigenvalue weighted by Gasteiger charge is 2.21. The van der Waals surface area contributed by atoms with Crippen molar-refractivity contribution < 1.29 is 52.5 Å². The Labute approximate surface area is 201 Å². The minimum atomic E-state index is 0. The van der Waals surface area contributed by atoms with Crippen molar-refractivity contribution in [3.05, 3.63) is 83.9 Å². The topological polar surface area (TPSA) is 34.1 Å². The van der Waals surface area contributed by atoms with E-state index in [1.807, 2.05) is 60.7 Å². The maximum atomic E-state index is 12.4. The summed E-state index contributed by atoms with van der Waals surface area (Å²) in [5.74, 6) is 0.312. The number of quaternary nitrogens is 2. The van der Waals surface area contributed by atoms with Crippen molar-refractivity contribution in [1.82, 2.24) is 0 Å². The minimum absolute atomic E-state index is 0. The van der Waals surface area contributed by atoms with Crippen molar-refractivity contribution in [3.8, 4) is 0 Å². The number of rotatable bonds is 10. The van der Waals surface area contributed by atoms with Crippen LogP contribution in [-0.4, -0.2) is 74.9 Å². The van der Waals surface area contributed by atoms with Crippen LogP contribution in [0.5, 0.6) is 0 Å². The molecule has 0 aliphatic carbocycles. The minimum Gasteiger partial charge on any atom is -1.00 e. The third-order valence-electron chi connectivity index (χ3n) is 4.70. The van der Waals surface area contributed by atoms with E-state index in [0.29, 0.717) is 22.1 Å². The number of likely N-dealkylation sites (N-methyl/N-ethyl adjacent to an activating group) is 2. The molecule has 6 heteroatoms. The van der Waals surface area contributed by atoms with E-state index in [1.165, 1.54) is 0 Å². The van der Waals surface area contributed by atoms with Crippen molar-refractivity contribution >= 4 is 11.6 Å². The Balaban J connectivity index is 0.00000420. The highest BCUT2D eigenvalue weighted by atomic mass is 79.9. The molecule has 0 spiro atoms. The summed E-state index contributed by atoms with van der Waals surface area (Å²) >= 11 is 0. The Morgan fingerprint density at radius 1 is 0.633 bits per heavy atom. The Hall–Kier alpha value is -1.60. The van der Waals surface area contributed by atoms with Gasteiger partial charge in [-0.3, -0.25) is 9.59 Å². The molecule has 0 radical (unpaired) electrons. The Morgan fingerprint density at radius 2 is 0.933 bits per heavy atom. The lowest BCUT2D eigenvalue weighted by Gasteiger charge is -2.29. The van der Waals surface area contributed by atoms with Crippen molar-refractivity contribution in [2.24, 2.45) is 0 Å². The molecule has 164 valence electrons. The predicted molar refractivity (Wildman–Crippen MR) is 114 cm³/mol. The summed E-state index contributed by atoms with van der Waals surface area (Å²) < 4.78 is 1.20. The van der Waals surface area contributed by atoms with Crippen molar-refractivity contribution in [2.75, 3.05) is 54.4 Å². The summed E-state index contributed by atoms with van der Waals surface area (Å²) in [5.41, 5.74) is 1.52. The molecule has 0 saturated carbocycles. The van der Waals surface area contributed by atoms with E-state index in [0.717, 1.165) is 24.2 Å². The van der Waals surface area contributed by atoms with Gasteiger partial charge >= 0.3 is 0 Å². The molecule has 0 aromatic heterocycles. The van der Waals surface area contributed by atoms with Crippen LogP contribution in [0.15, 0.2) is 72.8 Å². The standard InChI is InChI=1S/C24H32N2O2.2BrH/c1-25(2,19-23(27)21-13-7-5-8-14-21)17-11-12-18-26(3,4)20-24(28)22-15-9-6-10-16-22;;/h5-16H,17-20H2,1-4H3;2*1H/q+2;;/p-2. The van der Waals surface area contributed by atoms with Gasteiger partial charge in [-0.25, -0.2) is 0 Å². The Bertz CT molecular complexity index is 750. The number of hydrogen-bond donors (Lipinski definition) is 0. The molecule has 0 bridgehead atoms. The normalized spacial score (nSPS) is 11.5. The lowest BCUT2D eigenvalue weighted by Crippen LogP contribution is -3.00. The average molecular weight is 540 g/mol. The molecule has 0 saturated heterocycles. The molecule has 0 atom stereocenters. The lowest BCUT2D eigenvalue weighted by atomic mass is 10.1. The monoisotopic (exact) mass is 538 g/mol. The molecule has 0 amide bonds. The van der Waals surface area contributed by atoms with Crippen LogP contribution in [0.25, 0.3) is 0 Å². The van der Waals surface area contributed by atoms with E-state index in [2.05, 4.69) is 40.3 Å². The first-order valence-electron chi connectivity index (χ1n) is 9.64. The molecule has 0 heterocycles. The average Bonchev–Trinajstić information content (AvgIpc) is 2.66. The van der Waals surface area contributed by atoms with Crippen LogP contribution >= 0.6 is 0 Å². The lowest BCUT2D eigenvalue weighted by molar-refractivity contribution is -0.878. The van der Waals surface area contributed by atoms with Gasteiger partial charge in [0.15, 0.2) is 0 Å². The highest BCUT2D eigenvalue weighted by molar-refractivity contribution is 5.97. The molecular formula is C24H32Br2N2O2. The van der Waals surface area contributed by atoms with Gasteiger partial charge in [0.05, 0.1) is 41.3 Å². The van der Waals surface area contributed by atoms with Gasteiger partial charge in [0.25, 0.3) is 0 Å². The third-order valence-corrected chi connectivity index (χ3v) is 4.70. The number of hydrogen-bond acceptors (Lipinski definition) is 2. The zero-order valence-electron chi connectivity index (χ0n) is 18.2. The quantitative estimate of drug-likeness (QED) is 0.190. The first-order chi connectivity index (χ1) is 13.2. The zero-order valence-corrected chi connectivity index (χ0v) is 21.4. The highest BCUT2D eigenvalue weighted by Crippen LogP contribution is 2.08. The molecule has 2 rings (SSSR count). The molecular weight excluding hydrogens is 508 g/mol. The molecule has 2 aromatic rings. The second-order valence-electron chi connectivity index (χ2n) is 8.60. The molecule has 0 aliphatic rings. The summed E-state index contributed by atoms with van der Waals surface area (Å²) in [6.45, 7) is 2.45. The molecule has 30 heavy (non-hydrogen) atoms. The van der Waals surface area contributed by atoms with Crippen LogP contribution in [0.1, 0.15) is 20.7 Å². The summed E-state index contributed by atoms with van der Waals surface area (Å²) in [5, 5.41) is 0. The third kappa shape index (κ3) is 9.94. The van der Waals surface area contributed by atoms with Crippen molar-refractivity contribution in [3.63, 3.8) is 0 Å². The number of carbonyl (C=O) groups is 2. The number of halogens is 2. The molecule has 0 fully saturated rings. The number of Topliss-reactive ketones (excluding diaryl/α,β-unsaturated/α-hetero) is 2. The van der Waals surface area contributed by atoms with Crippen LogP contribution in [0.4, 0.5) is 0 Å². The number of carbonyl (C=O) groups excluding carboxylic acids is 2. The van der Waals surface area contributed by atoms with Gasteiger partial charge < -0.3 is 42.9 Å². The van der Waals surface area contributed by atoms with E-state index >= 15 is 0 Å². The second kappa shape index (κ2) is 13.0. The predicted octanol–water partition coefficient (Wildman–Crippen LogP) is -2.53. The van der Waals surface area contributed by atoms with E-state index in [1.54, 1.807) is 0 Å². The smallest absolute Gasteiger partial charge is 0.216 e. The van der Waals surface area contributed by atoms with E-state index in [9.17, 15) is 9.59 Å². The summed E-state index contributed by atoms with van der Waals surface area (Å²) in [6, 6.07) is 18.9. The van der Waals surface area contributed by atoms with Crippen molar-refractivity contribution in [2.45, 2.75) is 0 Å². The maximum absolute atomic E-state index is 12.4. The van der Waals surface area contributed by atoms with Gasteiger partial charge in [-0.05, 0) is 12.2 Å². The van der Waals surface area contributed by atoms with E-state index in [-0.39, 0.29) is 45.5 Å². The molecule has 4 nitrogen and oxygen atoms in total.